The van der Waals surface area contributed by atoms with Crippen molar-refractivity contribution in [2.24, 2.45) is 0 Å². The van der Waals surface area contributed by atoms with E-state index in [9.17, 15) is 0 Å². The molecule has 0 aromatic carbocycles. The molecule has 0 saturated carbocycles. The molecule has 23 heavy (non-hydrogen) atoms. The lowest BCUT2D eigenvalue weighted by molar-refractivity contribution is 0.862. The summed E-state index contributed by atoms with van der Waals surface area (Å²) in [6.07, 6.45) is 10.1. The molecule has 0 N–H and O–H groups in total. The molecule has 4 heteroatoms. The molecule has 0 unspecified atom stereocenters. The number of pyridine rings is 2. The number of rotatable bonds is 4. The van der Waals surface area contributed by atoms with Gasteiger partial charge in [-0.25, -0.2) is 9.50 Å². The summed E-state index contributed by atoms with van der Waals surface area (Å²) in [7, 11) is 0. The van der Waals surface area contributed by atoms with E-state index in [4.69, 9.17) is 4.98 Å². The summed E-state index contributed by atoms with van der Waals surface area (Å²) in [5, 5.41) is 4.29. The van der Waals surface area contributed by atoms with Crippen LogP contribution in [-0.2, 0) is 12.8 Å². The zero-order chi connectivity index (χ0) is 15.8. The third-order valence-corrected chi connectivity index (χ3v) is 4.33. The van der Waals surface area contributed by atoms with Gasteiger partial charge in [0.05, 0.1) is 11.2 Å². The van der Waals surface area contributed by atoms with Crippen LogP contribution in [0.1, 0.15) is 36.6 Å². The van der Waals surface area contributed by atoms with Crippen LogP contribution in [0, 0.1) is 0 Å². The highest BCUT2D eigenvalue weighted by atomic mass is 15.2. The van der Waals surface area contributed by atoms with E-state index in [1.165, 1.54) is 11.1 Å². The van der Waals surface area contributed by atoms with Crippen molar-refractivity contribution in [2.75, 3.05) is 0 Å². The van der Waals surface area contributed by atoms with Gasteiger partial charge < -0.3 is 4.40 Å². The van der Waals surface area contributed by atoms with E-state index in [-0.39, 0.29) is 0 Å². The first kappa shape index (κ1) is 14.0. The van der Waals surface area contributed by atoms with E-state index < -0.39 is 0 Å². The molecular formula is C19H20N4. The van der Waals surface area contributed by atoms with E-state index >= 15 is 0 Å². The van der Waals surface area contributed by atoms with E-state index in [1.54, 1.807) is 0 Å². The molecule has 0 saturated heterocycles. The van der Waals surface area contributed by atoms with Gasteiger partial charge in [0.2, 0.25) is 0 Å². The number of aryl methyl sites for hydroxylation is 2. The van der Waals surface area contributed by atoms with Crippen molar-refractivity contribution in [3.8, 4) is 0 Å². The monoisotopic (exact) mass is 304 g/mol. The second-order valence-corrected chi connectivity index (χ2v) is 6.35. The highest BCUT2D eigenvalue weighted by Crippen LogP contribution is 2.17. The SMILES string of the molecule is CC(C)c1ccn2cc(CCc3ccc4ccnn4c3)nc2c1. The Morgan fingerprint density at radius 3 is 2.83 bits per heavy atom. The molecule has 0 spiro atoms. The minimum Gasteiger partial charge on any atom is -0.307 e. The van der Waals surface area contributed by atoms with Crippen LogP contribution in [-0.4, -0.2) is 19.0 Å². The molecule has 0 radical (unpaired) electrons. The fraction of sp³-hybridized carbons (Fsp3) is 0.263. The summed E-state index contributed by atoms with van der Waals surface area (Å²) in [6.45, 7) is 4.42. The first-order valence-corrected chi connectivity index (χ1v) is 8.09. The molecule has 0 bridgehead atoms. The maximum Gasteiger partial charge on any atom is 0.137 e. The van der Waals surface area contributed by atoms with Crippen LogP contribution in [0.4, 0.5) is 0 Å². The standard InChI is InChI=1S/C19H20N4/c1-14(2)16-8-10-22-13-17(21-19(22)11-16)5-3-15-4-6-18-7-9-20-23(18)12-15/h4,6-14H,3,5H2,1-2H3. The Morgan fingerprint density at radius 2 is 1.96 bits per heavy atom. The average Bonchev–Trinajstić information content (AvgIpc) is 3.17. The predicted octanol–water partition coefficient (Wildman–Crippen LogP) is 3.89. The van der Waals surface area contributed by atoms with Crippen LogP contribution in [0.2, 0.25) is 0 Å². The molecule has 0 atom stereocenters. The van der Waals surface area contributed by atoms with Crippen molar-refractivity contribution in [1.82, 2.24) is 19.0 Å². The Balaban J connectivity index is 1.55. The van der Waals surface area contributed by atoms with E-state index in [2.05, 4.69) is 66.2 Å². The van der Waals surface area contributed by atoms with Crippen molar-refractivity contribution in [2.45, 2.75) is 32.6 Å². The van der Waals surface area contributed by atoms with E-state index in [1.807, 2.05) is 16.8 Å². The maximum absolute atomic E-state index is 4.76. The Labute approximate surface area is 135 Å². The summed E-state index contributed by atoms with van der Waals surface area (Å²) in [4.78, 5) is 4.76. The second kappa shape index (κ2) is 5.54. The molecule has 4 nitrogen and oxygen atoms in total. The number of aromatic nitrogens is 4. The van der Waals surface area contributed by atoms with Crippen molar-refractivity contribution in [3.63, 3.8) is 0 Å². The lowest BCUT2D eigenvalue weighted by Crippen LogP contribution is -1.95. The molecule has 116 valence electrons. The summed E-state index contributed by atoms with van der Waals surface area (Å²) >= 11 is 0. The first-order chi connectivity index (χ1) is 11.2. The highest BCUT2D eigenvalue weighted by Gasteiger charge is 2.06. The fourth-order valence-electron chi connectivity index (χ4n) is 2.91. The summed E-state index contributed by atoms with van der Waals surface area (Å²) in [5.74, 6) is 0.529. The Kier molecular flexibility index (Phi) is 3.37. The number of hydrogen-bond donors (Lipinski definition) is 0. The van der Waals surface area contributed by atoms with E-state index in [0.717, 1.165) is 29.7 Å². The Morgan fingerprint density at radius 1 is 1.04 bits per heavy atom. The van der Waals surface area contributed by atoms with Gasteiger partial charge in [-0.1, -0.05) is 19.9 Å². The summed E-state index contributed by atoms with van der Waals surface area (Å²) in [5.41, 5.74) is 5.91. The number of hydrogen-bond acceptors (Lipinski definition) is 2. The minimum atomic E-state index is 0.529. The topological polar surface area (TPSA) is 34.6 Å². The zero-order valence-corrected chi connectivity index (χ0v) is 13.5. The first-order valence-electron chi connectivity index (χ1n) is 8.09. The van der Waals surface area contributed by atoms with Crippen LogP contribution in [0.25, 0.3) is 11.2 Å². The molecule has 4 rings (SSSR count). The molecule has 4 heterocycles. The van der Waals surface area contributed by atoms with Crippen LogP contribution in [0.3, 0.4) is 0 Å². The molecule has 4 aromatic rings. The Bertz CT molecular complexity index is 962. The van der Waals surface area contributed by atoms with Gasteiger partial charge in [-0.2, -0.15) is 5.10 Å². The highest BCUT2D eigenvalue weighted by molar-refractivity contribution is 5.46. The van der Waals surface area contributed by atoms with Crippen LogP contribution in [0.5, 0.6) is 0 Å². The smallest absolute Gasteiger partial charge is 0.137 e. The minimum absolute atomic E-state index is 0.529. The molecule has 4 aromatic heterocycles. The molecule has 0 aliphatic heterocycles. The van der Waals surface area contributed by atoms with Gasteiger partial charge in [0.1, 0.15) is 5.65 Å². The van der Waals surface area contributed by atoms with Crippen molar-refractivity contribution >= 4 is 11.2 Å². The van der Waals surface area contributed by atoms with Crippen molar-refractivity contribution in [1.29, 1.82) is 0 Å². The van der Waals surface area contributed by atoms with Crippen LogP contribution >= 0.6 is 0 Å². The lowest BCUT2D eigenvalue weighted by atomic mass is 10.1. The molecule has 0 fully saturated rings. The maximum atomic E-state index is 4.76. The van der Waals surface area contributed by atoms with Crippen molar-refractivity contribution < 1.29 is 0 Å². The quantitative estimate of drug-likeness (QED) is 0.573. The molecular weight excluding hydrogens is 284 g/mol. The molecule has 0 aliphatic carbocycles. The van der Waals surface area contributed by atoms with Gasteiger partial charge >= 0.3 is 0 Å². The third kappa shape index (κ3) is 2.72. The average molecular weight is 304 g/mol. The van der Waals surface area contributed by atoms with Gasteiger partial charge in [-0.3, -0.25) is 0 Å². The van der Waals surface area contributed by atoms with Gasteiger partial charge in [0.25, 0.3) is 0 Å². The van der Waals surface area contributed by atoms with Crippen LogP contribution in [0.15, 0.2) is 55.1 Å². The van der Waals surface area contributed by atoms with Gasteiger partial charge in [-0.15, -0.1) is 0 Å². The fourth-order valence-corrected chi connectivity index (χ4v) is 2.91. The predicted molar refractivity (Wildman–Crippen MR) is 91.9 cm³/mol. The zero-order valence-electron chi connectivity index (χ0n) is 13.5. The van der Waals surface area contributed by atoms with E-state index in [0.29, 0.717) is 5.92 Å². The Hall–Kier alpha value is -2.62. The number of imidazole rings is 1. The van der Waals surface area contributed by atoms with Crippen molar-refractivity contribution in [3.05, 3.63) is 71.9 Å². The second-order valence-electron chi connectivity index (χ2n) is 6.35. The number of nitrogens with zero attached hydrogens (tertiary/aromatic N) is 4. The van der Waals surface area contributed by atoms with Gasteiger partial charge in [0, 0.05) is 24.8 Å². The normalized spacial score (nSPS) is 11.8. The number of fused-ring (bicyclic) bond motifs is 2. The van der Waals surface area contributed by atoms with Crippen LogP contribution < -0.4 is 0 Å². The largest absolute Gasteiger partial charge is 0.307 e. The lowest BCUT2D eigenvalue weighted by Gasteiger charge is -2.04. The molecule has 0 aliphatic rings. The summed E-state index contributed by atoms with van der Waals surface area (Å²) < 4.78 is 4.03. The summed E-state index contributed by atoms with van der Waals surface area (Å²) in [6, 6.07) is 10.7. The van der Waals surface area contributed by atoms with Gasteiger partial charge in [-0.05, 0) is 54.2 Å². The third-order valence-electron chi connectivity index (χ3n) is 4.33. The van der Waals surface area contributed by atoms with Gasteiger partial charge in [0.15, 0.2) is 0 Å². The molecule has 0 amide bonds.